The normalized spacial score (nSPS) is 15.1. The lowest BCUT2D eigenvalue weighted by molar-refractivity contribution is 0.656. The highest BCUT2D eigenvalue weighted by atomic mass is 16.3. The molecule has 1 aliphatic carbocycles. The monoisotopic (exact) mass is 364 g/mol. The number of nitrogens with zero attached hydrogens (tertiary/aromatic N) is 2. The molecule has 3 heteroatoms. The summed E-state index contributed by atoms with van der Waals surface area (Å²) in [6.45, 7) is 0. The molecule has 1 fully saturated rings. The largest absolute Gasteiger partial charge is 0.437 e. The van der Waals surface area contributed by atoms with Crippen LogP contribution in [0.25, 0.3) is 44.2 Å². The third kappa shape index (κ3) is 2.43. The Morgan fingerprint density at radius 3 is 2.61 bits per heavy atom. The molecule has 0 aliphatic heterocycles. The molecule has 3 aromatic heterocycles. The molecular weight excluding hydrogens is 344 g/mol. The van der Waals surface area contributed by atoms with Crippen LogP contribution in [0.3, 0.4) is 0 Å². The molecule has 28 heavy (non-hydrogen) atoms. The first-order valence-electron chi connectivity index (χ1n) is 10.0. The molecule has 2 aromatic carbocycles. The second kappa shape index (κ2) is 6.16. The SMILES string of the molecule is c1ccc2nc3oc4c(-c5ccc(C6CCCC6)cn5)cccc4c3cc2c1. The number of hydrogen-bond donors (Lipinski definition) is 0. The predicted molar refractivity (Wildman–Crippen MR) is 113 cm³/mol. The standard InChI is InChI=1S/C25H20N2O/c1-2-7-16(6-1)18-12-13-23(26-15-18)20-10-5-9-19-21-14-17-8-3-4-11-22(17)27-25(21)28-24(19)20/h3-5,8-16H,1-2,6-7H2. The second-order valence-electron chi connectivity index (χ2n) is 7.78. The third-order valence-corrected chi connectivity index (χ3v) is 6.08. The van der Waals surface area contributed by atoms with Gasteiger partial charge in [-0.3, -0.25) is 4.98 Å². The average molecular weight is 364 g/mol. The molecule has 0 bridgehead atoms. The maximum absolute atomic E-state index is 6.23. The Hall–Kier alpha value is -3.20. The van der Waals surface area contributed by atoms with Crippen molar-refractivity contribution >= 4 is 33.0 Å². The fourth-order valence-corrected chi connectivity index (χ4v) is 4.59. The van der Waals surface area contributed by atoms with Gasteiger partial charge in [-0.25, -0.2) is 4.98 Å². The molecule has 0 saturated heterocycles. The Kier molecular flexibility index (Phi) is 3.48. The molecule has 0 unspecified atom stereocenters. The lowest BCUT2D eigenvalue weighted by atomic mass is 9.98. The first-order valence-corrected chi connectivity index (χ1v) is 10.0. The van der Waals surface area contributed by atoms with Gasteiger partial charge in [0.25, 0.3) is 0 Å². The van der Waals surface area contributed by atoms with Crippen LogP contribution in [-0.2, 0) is 0 Å². The highest BCUT2D eigenvalue weighted by molar-refractivity contribution is 6.10. The van der Waals surface area contributed by atoms with Crippen molar-refractivity contribution in [3.63, 3.8) is 0 Å². The fraction of sp³-hybridized carbons (Fsp3) is 0.200. The molecule has 6 rings (SSSR count). The average Bonchev–Trinajstić information content (AvgIpc) is 3.40. The van der Waals surface area contributed by atoms with E-state index in [4.69, 9.17) is 14.4 Å². The number of fused-ring (bicyclic) bond motifs is 4. The van der Waals surface area contributed by atoms with E-state index in [0.717, 1.165) is 38.5 Å². The van der Waals surface area contributed by atoms with Crippen molar-refractivity contribution in [1.29, 1.82) is 0 Å². The van der Waals surface area contributed by atoms with Gasteiger partial charge in [0, 0.05) is 27.9 Å². The van der Waals surface area contributed by atoms with Crippen LogP contribution >= 0.6 is 0 Å². The van der Waals surface area contributed by atoms with E-state index in [1.807, 2.05) is 18.2 Å². The lowest BCUT2D eigenvalue weighted by Gasteiger charge is -2.09. The Morgan fingerprint density at radius 1 is 0.857 bits per heavy atom. The van der Waals surface area contributed by atoms with Crippen molar-refractivity contribution in [2.24, 2.45) is 0 Å². The van der Waals surface area contributed by atoms with Crippen molar-refractivity contribution in [2.45, 2.75) is 31.6 Å². The number of rotatable bonds is 2. The van der Waals surface area contributed by atoms with Gasteiger partial charge in [-0.05, 0) is 48.6 Å². The second-order valence-corrected chi connectivity index (χ2v) is 7.78. The molecular formula is C25H20N2O. The Balaban J connectivity index is 1.52. The molecule has 3 nitrogen and oxygen atoms in total. The van der Waals surface area contributed by atoms with Gasteiger partial charge in [0.2, 0.25) is 5.71 Å². The molecule has 5 aromatic rings. The van der Waals surface area contributed by atoms with E-state index >= 15 is 0 Å². The van der Waals surface area contributed by atoms with Crippen LogP contribution in [0, 0.1) is 0 Å². The summed E-state index contributed by atoms with van der Waals surface area (Å²) in [5, 5.41) is 3.27. The van der Waals surface area contributed by atoms with E-state index in [-0.39, 0.29) is 0 Å². The van der Waals surface area contributed by atoms with Gasteiger partial charge in [0.15, 0.2) is 0 Å². The summed E-state index contributed by atoms with van der Waals surface area (Å²) in [5.41, 5.74) is 5.85. The van der Waals surface area contributed by atoms with Crippen molar-refractivity contribution < 1.29 is 4.42 Å². The van der Waals surface area contributed by atoms with E-state index < -0.39 is 0 Å². The summed E-state index contributed by atoms with van der Waals surface area (Å²) in [6.07, 6.45) is 7.32. The first-order chi connectivity index (χ1) is 13.9. The number of para-hydroxylation sites is 2. The highest BCUT2D eigenvalue weighted by Crippen LogP contribution is 2.37. The van der Waals surface area contributed by atoms with E-state index in [1.54, 1.807) is 0 Å². The number of benzene rings is 2. The number of furan rings is 1. The smallest absolute Gasteiger partial charge is 0.227 e. The number of aromatic nitrogens is 2. The fourth-order valence-electron chi connectivity index (χ4n) is 4.59. The van der Waals surface area contributed by atoms with Gasteiger partial charge in [0.05, 0.1) is 11.2 Å². The van der Waals surface area contributed by atoms with E-state index in [9.17, 15) is 0 Å². The molecule has 1 saturated carbocycles. The molecule has 0 radical (unpaired) electrons. The van der Waals surface area contributed by atoms with Crippen molar-refractivity contribution in [1.82, 2.24) is 9.97 Å². The topological polar surface area (TPSA) is 38.9 Å². The number of hydrogen-bond acceptors (Lipinski definition) is 3. The van der Waals surface area contributed by atoms with Crippen LogP contribution in [0.5, 0.6) is 0 Å². The molecule has 0 spiro atoms. The summed E-state index contributed by atoms with van der Waals surface area (Å²) in [5.74, 6) is 0.681. The van der Waals surface area contributed by atoms with Crippen LogP contribution in [0.2, 0.25) is 0 Å². The summed E-state index contributed by atoms with van der Waals surface area (Å²) in [6, 6.07) is 21.0. The van der Waals surface area contributed by atoms with Crippen LogP contribution in [-0.4, -0.2) is 9.97 Å². The molecule has 0 amide bonds. The van der Waals surface area contributed by atoms with Crippen molar-refractivity contribution in [3.05, 3.63) is 72.4 Å². The highest BCUT2D eigenvalue weighted by Gasteiger charge is 2.18. The van der Waals surface area contributed by atoms with Crippen LogP contribution in [0.4, 0.5) is 0 Å². The lowest BCUT2D eigenvalue weighted by Crippen LogP contribution is -1.94. The van der Waals surface area contributed by atoms with Crippen LogP contribution in [0.15, 0.2) is 71.3 Å². The molecule has 1 aliphatic rings. The van der Waals surface area contributed by atoms with Crippen LogP contribution < -0.4 is 0 Å². The van der Waals surface area contributed by atoms with Gasteiger partial charge in [-0.1, -0.05) is 49.2 Å². The molecule has 136 valence electrons. The summed E-state index contributed by atoms with van der Waals surface area (Å²) in [7, 11) is 0. The Morgan fingerprint density at radius 2 is 1.75 bits per heavy atom. The zero-order chi connectivity index (χ0) is 18.5. The van der Waals surface area contributed by atoms with Crippen LogP contribution in [0.1, 0.15) is 37.2 Å². The maximum atomic E-state index is 6.23. The summed E-state index contributed by atoms with van der Waals surface area (Å²) < 4.78 is 6.23. The van der Waals surface area contributed by atoms with E-state index in [0.29, 0.717) is 11.6 Å². The number of pyridine rings is 2. The summed E-state index contributed by atoms with van der Waals surface area (Å²) >= 11 is 0. The molecule has 3 heterocycles. The third-order valence-electron chi connectivity index (χ3n) is 6.08. The molecule has 0 N–H and O–H groups in total. The minimum absolute atomic E-state index is 0.681. The first kappa shape index (κ1) is 15.8. The minimum Gasteiger partial charge on any atom is -0.437 e. The summed E-state index contributed by atoms with van der Waals surface area (Å²) in [4.78, 5) is 9.52. The van der Waals surface area contributed by atoms with Gasteiger partial charge in [-0.2, -0.15) is 0 Å². The van der Waals surface area contributed by atoms with Gasteiger partial charge >= 0.3 is 0 Å². The Labute approximate surface area is 163 Å². The van der Waals surface area contributed by atoms with Crippen molar-refractivity contribution in [2.75, 3.05) is 0 Å². The predicted octanol–water partition coefficient (Wildman–Crippen LogP) is 6.85. The Bertz CT molecular complexity index is 1310. The minimum atomic E-state index is 0.681. The molecule has 0 atom stereocenters. The van der Waals surface area contributed by atoms with Gasteiger partial charge in [0.1, 0.15) is 5.58 Å². The maximum Gasteiger partial charge on any atom is 0.227 e. The zero-order valence-corrected chi connectivity index (χ0v) is 15.6. The van der Waals surface area contributed by atoms with E-state index in [1.165, 1.54) is 31.2 Å². The van der Waals surface area contributed by atoms with Gasteiger partial charge in [-0.15, -0.1) is 0 Å². The van der Waals surface area contributed by atoms with Gasteiger partial charge < -0.3 is 4.42 Å². The van der Waals surface area contributed by atoms with Crippen molar-refractivity contribution in [3.8, 4) is 11.3 Å². The quantitative estimate of drug-likeness (QED) is 0.344. The van der Waals surface area contributed by atoms with E-state index in [2.05, 4.69) is 48.7 Å². The zero-order valence-electron chi connectivity index (χ0n) is 15.6.